The Morgan fingerprint density at radius 1 is 1.15 bits per heavy atom. The summed E-state index contributed by atoms with van der Waals surface area (Å²) in [5, 5.41) is 0. The summed E-state index contributed by atoms with van der Waals surface area (Å²) in [5.74, 6) is -7.50. The van der Waals surface area contributed by atoms with Crippen molar-refractivity contribution in [3.05, 3.63) is 0 Å². The van der Waals surface area contributed by atoms with Crippen LogP contribution in [0.3, 0.4) is 0 Å². The van der Waals surface area contributed by atoms with Crippen LogP contribution in [0.2, 0.25) is 0 Å². The molecule has 0 bridgehead atoms. The maximum absolute atomic E-state index is 12.9. The van der Waals surface area contributed by atoms with Gasteiger partial charge in [-0.2, -0.15) is 22.0 Å². The van der Waals surface area contributed by atoms with Gasteiger partial charge < -0.3 is 10.6 Å². The average molecular weight is 303 g/mol. The smallest absolute Gasteiger partial charge is 0.335 e. The molecule has 1 heterocycles. The van der Waals surface area contributed by atoms with Crippen molar-refractivity contribution in [2.24, 2.45) is 5.73 Å². The minimum absolute atomic E-state index is 0.0513. The normalized spacial score (nSPS) is 20.1. The quantitative estimate of drug-likeness (QED) is 0.790. The molecule has 1 saturated heterocycles. The van der Waals surface area contributed by atoms with E-state index in [0.717, 1.165) is 6.42 Å². The van der Waals surface area contributed by atoms with Crippen molar-refractivity contribution in [3.8, 4) is 0 Å². The number of piperazine rings is 1. The molecule has 0 saturated carbocycles. The summed E-state index contributed by atoms with van der Waals surface area (Å²) in [6.45, 7) is 2.47. The van der Waals surface area contributed by atoms with Gasteiger partial charge in [-0.3, -0.25) is 9.69 Å². The summed E-state index contributed by atoms with van der Waals surface area (Å²) in [4.78, 5) is 13.8. The molecule has 118 valence electrons. The lowest BCUT2D eigenvalue weighted by Gasteiger charge is -2.39. The highest BCUT2D eigenvalue weighted by Crippen LogP contribution is 2.37. The molecule has 0 aromatic carbocycles. The van der Waals surface area contributed by atoms with Crippen LogP contribution in [0.5, 0.6) is 0 Å². The molecule has 1 atom stereocenters. The van der Waals surface area contributed by atoms with Crippen LogP contribution in [0.4, 0.5) is 22.0 Å². The first-order valence-corrected chi connectivity index (χ1v) is 6.33. The minimum atomic E-state index is -5.86. The molecule has 0 aromatic heterocycles. The topological polar surface area (TPSA) is 49.6 Å². The summed E-state index contributed by atoms with van der Waals surface area (Å²) in [5.41, 5.74) is 5.54. The van der Waals surface area contributed by atoms with Crippen molar-refractivity contribution in [2.45, 2.75) is 31.5 Å². The molecule has 9 heteroatoms. The van der Waals surface area contributed by atoms with E-state index in [2.05, 4.69) is 0 Å². The molecule has 1 rings (SSSR count). The summed E-state index contributed by atoms with van der Waals surface area (Å²) in [7, 11) is 0. The van der Waals surface area contributed by atoms with E-state index < -0.39 is 18.0 Å². The number of nitrogens with zero attached hydrogens (tertiary/aromatic N) is 2. The van der Waals surface area contributed by atoms with Gasteiger partial charge in [0.25, 0.3) is 0 Å². The SMILES string of the molecule is CCC(CN)N1CCN(C(=O)C(F)(F)C(F)(F)F)CC1. The van der Waals surface area contributed by atoms with Gasteiger partial charge in [-0.05, 0) is 6.42 Å². The van der Waals surface area contributed by atoms with Gasteiger partial charge in [-0.15, -0.1) is 0 Å². The predicted molar refractivity (Wildman–Crippen MR) is 62.3 cm³/mol. The maximum atomic E-state index is 12.9. The first-order valence-electron chi connectivity index (χ1n) is 6.33. The zero-order valence-corrected chi connectivity index (χ0v) is 11.1. The third kappa shape index (κ3) is 3.38. The Hall–Kier alpha value is -0.960. The van der Waals surface area contributed by atoms with Crippen LogP contribution in [-0.2, 0) is 4.79 Å². The van der Waals surface area contributed by atoms with E-state index in [-0.39, 0.29) is 32.2 Å². The largest absolute Gasteiger partial charge is 0.463 e. The molecule has 1 aliphatic heterocycles. The lowest BCUT2D eigenvalue weighted by atomic mass is 10.1. The Labute approximate surface area is 113 Å². The first-order chi connectivity index (χ1) is 9.15. The van der Waals surface area contributed by atoms with E-state index in [4.69, 9.17) is 5.73 Å². The van der Waals surface area contributed by atoms with Crippen LogP contribution in [0.1, 0.15) is 13.3 Å². The van der Waals surface area contributed by atoms with E-state index in [0.29, 0.717) is 11.4 Å². The highest BCUT2D eigenvalue weighted by atomic mass is 19.4. The van der Waals surface area contributed by atoms with Crippen molar-refractivity contribution >= 4 is 5.91 Å². The van der Waals surface area contributed by atoms with Crippen LogP contribution in [-0.4, -0.2) is 66.6 Å². The molecule has 1 unspecified atom stereocenters. The first kappa shape index (κ1) is 17.1. The van der Waals surface area contributed by atoms with E-state index >= 15 is 0 Å². The molecule has 20 heavy (non-hydrogen) atoms. The molecule has 1 aliphatic rings. The number of hydrogen-bond donors (Lipinski definition) is 1. The fourth-order valence-corrected chi connectivity index (χ4v) is 2.18. The molecule has 0 aliphatic carbocycles. The number of amides is 1. The number of hydrogen-bond acceptors (Lipinski definition) is 3. The molecule has 0 radical (unpaired) electrons. The van der Waals surface area contributed by atoms with Crippen molar-refractivity contribution in [2.75, 3.05) is 32.7 Å². The minimum Gasteiger partial charge on any atom is -0.335 e. The Morgan fingerprint density at radius 2 is 1.65 bits per heavy atom. The fourth-order valence-electron chi connectivity index (χ4n) is 2.18. The van der Waals surface area contributed by atoms with Crippen LogP contribution in [0.25, 0.3) is 0 Å². The van der Waals surface area contributed by atoms with Crippen molar-refractivity contribution in [1.82, 2.24) is 9.80 Å². The zero-order valence-electron chi connectivity index (χ0n) is 11.1. The van der Waals surface area contributed by atoms with E-state index in [1.54, 1.807) is 0 Å². The lowest BCUT2D eigenvalue weighted by molar-refractivity contribution is -0.274. The third-order valence-corrected chi connectivity index (χ3v) is 3.49. The summed E-state index contributed by atoms with van der Waals surface area (Å²) >= 11 is 0. The molecular formula is C11H18F5N3O. The van der Waals surface area contributed by atoms with E-state index in [1.807, 2.05) is 11.8 Å². The van der Waals surface area contributed by atoms with Crippen LogP contribution in [0, 0.1) is 0 Å². The Morgan fingerprint density at radius 3 is 2.00 bits per heavy atom. The second-order valence-electron chi connectivity index (χ2n) is 4.70. The predicted octanol–water partition coefficient (Wildman–Crippen LogP) is 1.07. The molecule has 4 nitrogen and oxygen atoms in total. The Bertz CT molecular complexity index is 335. The van der Waals surface area contributed by atoms with Crippen molar-refractivity contribution < 1.29 is 26.7 Å². The molecule has 2 N–H and O–H groups in total. The number of carbonyl (C=O) groups excluding carboxylic acids is 1. The van der Waals surface area contributed by atoms with Gasteiger partial charge in [0.15, 0.2) is 0 Å². The summed E-state index contributed by atoms with van der Waals surface area (Å²) in [6, 6.07) is 0.0513. The maximum Gasteiger partial charge on any atom is 0.463 e. The number of nitrogens with two attached hydrogens (primary N) is 1. The van der Waals surface area contributed by atoms with E-state index in [1.165, 1.54) is 0 Å². The third-order valence-electron chi connectivity index (χ3n) is 3.49. The van der Waals surface area contributed by atoms with Crippen molar-refractivity contribution in [3.63, 3.8) is 0 Å². The average Bonchev–Trinajstić information content (AvgIpc) is 2.39. The van der Waals surface area contributed by atoms with Gasteiger partial charge in [-0.1, -0.05) is 6.92 Å². The monoisotopic (exact) mass is 303 g/mol. The highest BCUT2D eigenvalue weighted by molar-refractivity contribution is 5.84. The molecule has 1 amide bonds. The highest BCUT2D eigenvalue weighted by Gasteiger charge is 2.64. The second kappa shape index (κ2) is 6.21. The van der Waals surface area contributed by atoms with Gasteiger partial charge >= 0.3 is 18.0 Å². The van der Waals surface area contributed by atoms with Crippen LogP contribution < -0.4 is 5.73 Å². The van der Waals surface area contributed by atoms with Gasteiger partial charge in [0.2, 0.25) is 0 Å². The van der Waals surface area contributed by atoms with E-state index in [9.17, 15) is 26.7 Å². The van der Waals surface area contributed by atoms with Crippen molar-refractivity contribution in [1.29, 1.82) is 0 Å². The Balaban J connectivity index is 2.64. The van der Waals surface area contributed by atoms with Gasteiger partial charge in [0, 0.05) is 38.8 Å². The molecule has 1 fully saturated rings. The van der Waals surface area contributed by atoms with Crippen LogP contribution >= 0.6 is 0 Å². The van der Waals surface area contributed by atoms with Gasteiger partial charge in [0.1, 0.15) is 0 Å². The fraction of sp³-hybridized carbons (Fsp3) is 0.909. The molecule has 0 aromatic rings. The van der Waals surface area contributed by atoms with Crippen LogP contribution in [0.15, 0.2) is 0 Å². The molecule has 0 spiro atoms. The Kier molecular flexibility index (Phi) is 5.31. The van der Waals surface area contributed by atoms with Gasteiger partial charge in [0.05, 0.1) is 0 Å². The lowest BCUT2D eigenvalue weighted by Crippen LogP contribution is -2.59. The van der Waals surface area contributed by atoms with Gasteiger partial charge in [-0.25, -0.2) is 0 Å². The molecular weight excluding hydrogens is 285 g/mol. The summed E-state index contributed by atoms with van der Waals surface area (Å²) < 4.78 is 62.3. The number of rotatable bonds is 4. The zero-order chi connectivity index (χ0) is 15.6. The number of carbonyl (C=O) groups is 1. The number of alkyl halides is 5. The number of halogens is 5. The summed E-state index contributed by atoms with van der Waals surface area (Å²) in [6.07, 6.45) is -5.10. The second-order valence-corrected chi connectivity index (χ2v) is 4.70. The standard InChI is InChI=1S/C11H18F5N3O/c1-2-8(7-17)18-3-5-19(6-4-18)9(20)10(12,13)11(14,15)16/h8H,2-7,17H2,1H3.